The van der Waals surface area contributed by atoms with Gasteiger partial charge in [-0.05, 0) is 74.6 Å². The van der Waals surface area contributed by atoms with Crippen molar-refractivity contribution in [2.45, 2.75) is 65.7 Å². The third-order valence-electron chi connectivity index (χ3n) is 8.20. The van der Waals surface area contributed by atoms with Crippen molar-refractivity contribution in [3.8, 4) is 0 Å². The average molecular weight is 617 g/mol. The molecular formula is C34H41ClN6OS. The van der Waals surface area contributed by atoms with Crippen molar-refractivity contribution in [3.63, 3.8) is 0 Å². The first-order valence-electron chi connectivity index (χ1n) is 15.3. The van der Waals surface area contributed by atoms with Gasteiger partial charge in [0.2, 0.25) is 11.1 Å². The molecule has 1 saturated heterocycles. The van der Waals surface area contributed by atoms with Crippen LogP contribution in [-0.2, 0) is 0 Å². The zero-order valence-corrected chi connectivity index (χ0v) is 26.8. The van der Waals surface area contributed by atoms with Crippen molar-refractivity contribution in [1.82, 2.24) is 15.2 Å². The second-order valence-corrected chi connectivity index (χ2v) is 13.0. The number of likely N-dealkylation sites (tertiary alicyclic amines) is 1. The Morgan fingerprint density at radius 2 is 2.07 bits per heavy atom. The van der Waals surface area contributed by atoms with Gasteiger partial charge in [-0.25, -0.2) is 4.98 Å². The van der Waals surface area contributed by atoms with Crippen LogP contribution in [0, 0.1) is 18.8 Å². The summed E-state index contributed by atoms with van der Waals surface area (Å²) in [5.41, 5.74) is 3.78. The Kier molecular flexibility index (Phi) is 10.7. The predicted molar refractivity (Wildman–Crippen MR) is 181 cm³/mol. The summed E-state index contributed by atoms with van der Waals surface area (Å²) in [6.45, 7) is 8.47. The van der Waals surface area contributed by atoms with Crippen LogP contribution in [-0.4, -0.2) is 40.7 Å². The molecule has 3 aliphatic rings. The zero-order chi connectivity index (χ0) is 30.2. The number of carbonyl (C=O) groups excluding carboxylic acids is 1. The highest BCUT2D eigenvalue weighted by Gasteiger charge is 2.20. The van der Waals surface area contributed by atoms with Crippen molar-refractivity contribution in [2.24, 2.45) is 21.8 Å². The Morgan fingerprint density at radius 3 is 2.88 bits per heavy atom. The molecule has 1 fully saturated rings. The summed E-state index contributed by atoms with van der Waals surface area (Å²) < 4.78 is 0. The van der Waals surface area contributed by atoms with Crippen molar-refractivity contribution in [3.05, 3.63) is 87.6 Å². The molecule has 226 valence electrons. The number of carbonyl (C=O) groups is 1. The van der Waals surface area contributed by atoms with Crippen LogP contribution in [0.5, 0.6) is 0 Å². The van der Waals surface area contributed by atoms with Gasteiger partial charge in [0.25, 0.3) is 5.91 Å². The lowest BCUT2D eigenvalue weighted by Gasteiger charge is -2.31. The number of hydrogen-bond acceptors (Lipinski definition) is 5. The molecule has 2 aromatic rings. The highest BCUT2D eigenvalue weighted by atomic mass is 35.5. The predicted octanol–water partition coefficient (Wildman–Crippen LogP) is 8.60. The van der Waals surface area contributed by atoms with Gasteiger partial charge in [0.1, 0.15) is 10.7 Å². The number of aryl methyl sites for hydroxylation is 1. The van der Waals surface area contributed by atoms with Crippen LogP contribution in [0.4, 0.5) is 10.8 Å². The Labute approximate surface area is 264 Å². The summed E-state index contributed by atoms with van der Waals surface area (Å²) in [5.74, 6) is 2.37. The molecule has 1 aromatic heterocycles. The van der Waals surface area contributed by atoms with E-state index in [0.717, 1.165) is 55.4 Å². The maximum Gasteiger partial charge on any atom is 0.267 e. The summed E-state index contributed by atoms with van der Waals surface area (Å²) in [6.07, 6.45) is 22.2. The fourth-order valence-corrected chi connectivity index (χ4v) is 6.41. The third-order valence-corrected chi connectivity index (χ3v) is 9.40. The summed E-state index contributed by atoms with van der Waals surface area (Å²) in [7, 11) is 0. The van der Waals surface area contributed by atoms with Crippen LogP contribution in [0.1, 0.15) is 74.0 Å². The van der Waals surface area contributed by atoms with Crippen LogP contribution < -0.4 is 10.6 Å². The van der Waals surface area contributed by atoms with E-state index in [9.17, 15) is 4.79 Å². The molecule has 1 amide bonds. The molecule has 1 aromatic carbocycles. The molecule has 9 heteroatoms. The molecule has 3 heterocycles. The number of allylic oxidation sites excluding steroid dienone is 7. The van der Waals surface area contributed by atoms with Gasteiger partial charge >= 0.3 is 0 Å². The molecule has 43 heavy (non-hydrogen) atoms. The Bertz CT molecular complexity index is 1480. The highest BCUT2D eigenvalue weighted by molar-refractivity contribution is 7.17. The number of amides is 1. The Morgan fingerprint density at radius 1 is 1.19 bits per heavy atom. The minimum absolute atomic E-state index is 0.265. The maximum atomic E-state index is 13.1. The molecule has 0 spiro atoms. The largest absolute Gasteiger partial charge is 0.360 e. The molecule has 5 rings (SSSR count). The van der Waals surface area contributed by atoms with E-state index in [1.807, 2.05) is 19.1 Å². The fourth-order valence-electron chi connectivity index (χ4n) is 5.46. The molecule has 1 aliphatic carbocycles. The Balaban J connectivity index is 1.42. The number of nitrogens with zero attached hydrogens (tertiary/aromatic N) is 4. The smallest absolute Gasteiger partial charge is 0.267 e. The zero-order valence-electron chi connectivity index (χ0n) is 25.3. The number of aromatic nitrogens is 1. The molecule has 2 atom stereocenters. The van der Waals surface area contributed by atoms with Gasteiger partial charge in [-0.1, -0.05) is 85.2 Å². The number of nitrogens with one attached hydrogen (secondary N) is 2. The summed E-state index contributed by atoms with van der Waals surface area (Å²) in [4.78, 5) is 30.4. The van der Waals surface area contributed by atoms with Crippen LogP contribution in [0.25, 0.3) is 0 Å². The minimum Gasteiger partial charge on any atom is -0.360 e. The number of hydrogen-bond donors (Lipinski definition) is 2. The Hall–Kier alpha value is -3.49. The normalized spacial score (nSPS) is 22.6. The van der Waals surface area contributed by atoms with E-state index >= 15 is 0 Å². The van der Waals surface area contributed by atoms with Crippen molar-refractivity contribution in [1.29, 1.82) is 0 Å². The number of guanidine groups is 1. The second kappa shape index (κ2) is 14.8. The van der Waals surface area contributed by atoms with Crippen LogP contribution in [0.15, 0.2) is 82.1 Å². The second-order valence-electron chi connectivity index (χ2n) is 11.6. The number of rotatable bonds is 5. The van der Waals surface area contributed by atoms with Gasteiger partial charge in [-0.15, -0.1) is 0 Å². The molecular weight excluding hydrogens is 576 g/mol. The van der Waals surface area contributed by atoms with Crippen molar-refractivity contribution >= 4 is 51.5 Å². The first kappa shape index (κ1) is 31.0. The van der Waals surface area contributed by atoms with Gasteiger partial charge in [-0.2, -0.15) is 9.98 Å². The van der Waals surface area contributed by atoms with Crippen molar-refractivity contribution in [2.75, 3.05) is 18.4 Å². The number of benzene rings is 1. The number of amidine groups is 1. The molecule has 0 saturated carbocycles. The van der Waals surface area contributed by atoms with Gasteiger partial charge in [0.05, 0.1) is 16.9 Å². The first-order chi connectivity index (χ1) is 20.9. The van der Waals surface area contributed by atoms with Gasteiger partial charge in [-0.3, -0.25) is 4.79 Å². The lowest BCUT2D eigenvalue weighted by Crippen LogP contribution is -2.37. The van der Waals surface area contributed by atoms with E-state index < -0.39 is 0 Å². The van der Waals surface area contributed by atoms with Crippen LogP contribution in [0.3, 0.4) is 0 Å². The molecule has 7 nitrogen and oxygen atoms in total. The van der Waals surface area contributed by atoms with Gasteiger partial charge in [0.15, 0.2) is 0 Å². The third kappa shape index (κ3) is 8.54. The SMILES string of the molecule is CC1=C(/C=C/C2C=CC=CC2)NC(=Nc2ncc(C(=O)Nc3c(C)cccc3Cl)s2)N=C(N2CCCCC(C)CC2)CC1. The molecule has 2 N–H and O–H groups in total. The number of anilines is 1. The lowest BCUT2D eigenvalue weighted by atomic mass is 9.97. The van der Waals surface area contributed by atoms with E-state index in [1.165, 1.54) is 42.6 Å². The van der Waals surface area contributed by atoms with E-state index in [2.05, 4.69) is 70.8 Å². The lowest BCUT2D eigenvalue weighted by molar-refractivity contribution is 0.103. The topological polar surface area (TPSA) is 82.0 Å². The van der Waals surface area contributed by atoms with Gasteiger partial charge < -0.3 is 15.5 Å². The van der Waals surface area contributed by atoms with E-state index in [-0.39, 0.29) is 5.91 Å². The molecule has 0 bridgehead atoms. The quantitative estimate of drug-likeness (QED) is 0.352. The monoisotopic (exact) mass is 616 g/mol. The highest BCUT2D eigenvalue weighted by Crippen LogP contribution is 2.28. The molecule has 0 radical (unpaired) electrons. The molecule has 2 unspecified atom stereocenters. The van der Waals surface area contributed by atoms with E-state index in [1.54, 1.807) is 12.3 Å². The standard InChI is InChI=1S/C34H41ClN6OS/c1-23-10-7-8-20-41(21-19-23)30-18-15-24(2)28(17-16-26-12-5-4-6-13-26)37-33(38-30)40-34-36-22-29(43-34)32(42)39-31-25(3)11-9-14-27(31)35/h4-6,9,11-12,14,16-17,22-23,26H,7-8,10,13,15,18-21H2,1-3H3,(H,39,42)(H,36,37,40)/b17-16+,28-24?,38-30?. The first-order valence-corrected chi connectivity index (χ1v) is 16.5. The van der Waals surface area contributed by atoms with Crippen molar-refractivity contribution < 1.29 is 4.79 Å². The van der Waals surface area contributed by atoms with E-state index in [0.29, 0.717) is 32.6 Å². The minimum atomic E-state index is -0.265. The number of thiazole rings is 1. The summed E-state index contributed by atoms with van der Waals surface area (Å²) in [6, 6.07) is 5.54. The summed E-state index contributed by atoms with van der Waals surface area (Å²) in [5, 5.41) is 7.43. The van der Waals surface area contributed by atoms with Crippen LogP contribution >= 0.6 is 22.9 Å². The number of aliphatic imine (C=N–C) groups is 2. The van der Waals surface area contributed by atoms with Gasteiger partial charge in [0, 0.05) is 25.2 Å². The molecule has 2 aliphatic heterocycles. The summed E-state index contributed by atoms with van der Waals surface area (Å²) >= 11 is 7.57. The maximum absolute atomic E-state index is 13.1. The fraction of sp³-hybridized carbons (Fsp3) is 0.412. The number of para-hydroxylation sites is 1. The van der Waals surface area contributed by atoms with E-state index in [4.69, 9.17) is 21.6 Å². The average Bonchev–Trinajstić information content (AvgIpc) is 3.45. The number of halogens is 1. The van der Waals surface area contributed by atoms with Crippen LogP contribution in [0.2, 0.25) is 5.02 Å².